The van der Waals surface area contributed by atoms with Crippen LogP contribution in [0.5, 0.6) is 11.5 Å². The number of carboxylic acids is 1. The molecule has 0 bridgehead atoms. The Morgan fingerprint density at radius 3 is 2.22 bits per heavy atom. The van der Waals surface area contributed by atoms with Gasteiger partial charge in [0.15, 0.2) is 0 Å². The molecule has 2 aliphatic rings. The predicted molar refractivity (Wildman–Crippen MR) is 202 cm³/mol. The van der Waals surface area contributed by atoms with Crippen LogP contribution in [0.1, 0.15) is 72.1 Å². The maximum atomic E-state index is 14.0. The molecule has 5 rings (SSSR count). The molecule has 2 fully saturated rings. The fourth-order valence-corrected chi connectivity index (χ4v) is 7.30. The van der Waals surface area contributed by atoms with Gasteiger partial charge >= 0.3 is 11.9 Å². The first kappa shape index (κ1) is 40.0. The molecule has 2 saturated carbocycles. The maximum Gasteiger partial charge on any atom is 0.326 e. The van der Waals surface area contributed by atoms with Gasteiger partial charge in [-0.2, -0.15) is 0 Å². The molecule has 0 radical (unpaired) electrons. The molecule has 1 aromatic heterocycles. The van der Waals surface area contributed by atoms with Crippen molar-refractivity contribution < 1.29 is 43.3 Å². The number of ether oxygens (including phenoxy) is 3. The van der Waals surface area contributed by atoms with Gasteiger partial charge in [-0.15, -0.1) is 0 Å². The first-order valence-corrected chi connectivity index (χ1v) is 18.9. The SMILES string of the molecule is CC[C@H](NC(=O)[C@@H]1C[C@@H](Oc2cc(-c3ccccc3)nc3cc(OC)ccc23)C[C@H]1C(=O)N[C@@H](C(=O)NCC(=O)OCC1CCCCC1)C(C)C)C(=O)O. The smallest absolute Gasteiger partial charge is 0.326 e. The predicted octanol–water partition coefficient (Wildman–Crippen LogP) is 5.04. The number of nitrogens with zero attached hydrogens (tertiary/aromatic N) is 1. The summed E-state index contributed by atoms with van der Waals surface area (Å²) in [4.78, 5) is 70.2. The molecule has 3 amide bonds. The number of carbonyl (C=O) groups is 5. The van der Waals surface area contributed by atoms with Crippen molar-refractivity contribution in [2.45, 2.75) is 90.3 Å². The lowest BCUT2D eigenvalue weighted by molar-refractivity contribution is -0.146. The molecule has 54 heavy (non-hydrogen) atoms. The summed E-state index contributed by atoms with van der Waals surface area (Å²) in [5.41, 5.74) is 2.15. The highest BCUT2D eigenvalue weighted by Gasteiger charge is 2.45. The average molecular weight is 745 g/mol. The Labute approximate surface area is 315 Å². The molecule has 13 heteroatoms. The molecule has 1 heterocycles. The van der Waals surface area contributed by atoms with Crippen LogP contribution in [0.25, 0.3) is 22.2 Å². The number of benzene rings is 2. The Morgan fingerprint density at radius 1 is 0.907 bits per heavy atom. The molecule has 0 aliphatic heterocycles. The second-order valence-electron chi connectivity index (χ2n) is 14.6. The lowest BCUT2D eigenvalue weighted by Gasteiger charge is -2.26. The second kappa shape index (κ2) is 18.7. The summed E-state index contributed by atoms with van der Waals surface area (Å²) < 4.78 is 17.5. The van der Waals surface area contributed by atoms with Crippen LogP contribution in [-0.2, 0) is 28.7 Å². The Kier molecular flexibility index (Phi) is 13.9. The van der Waals surface area contributed by atoms with E-state index in [9.17, 15) is 29.1 Å². The van der Waals surface area contributed by atoms with E-state index in [-0.39, 0.29) is 31.7 Å². The zero-order valence-electron chi connectivity index (χ0n) is 31.5. The van der Waals surface area contributed by atoms with Crippen LogP contribution < -0.4 is 25.4 Å². The van der Waals surface area contributed by atoms with Crippen LogP contribution in [-0.4, -0.2) is 78.2 Å². The molecule has 4 N–H and O–H groups in total. The second-order valence-corrected chi connectivity index (χ2v) is 14.6. The van der Waals surface area contributed by atoms with E-state index in [2.05, 4.69) is 16.0 Å². The number of fused-ring (bicyclic) bond motifs is 1. The number of amides is 3. The molecule has 2 aliphatic carbocycles. The van der Waals surface area contributed by atoms with Crippen LogP contribution in [0, 0.1) is 23.7 Å². The maximum absolute atomic E-state index is 14.0. The molecule has 2 aromatic carbocycles. The van der Waals surface area contributed by atoms with Gasteiger partial charge in [0, 0.05) is 23.1 Å². The quantitative estimate of drug-likeness (QED) is 0.145. The number of carbonyl (C=O) groups excluding carboxylic acids is 4. The van der Waals surface area contributed by atoms with Gasteiger partial charge in [0.25, 0.3) is 0 Å². The summed E-state index contributed by atoms with van der Waals surface area (Å²) in [6.07, 6.45) is 5.24. The van der Waals surface area contributed by atoms with Crippen LogP contribution in [0.3, 0.4) is 0 Å². The minimum absolute atomic E-state index is 0.117. The zero-order chi connectivity index (χ0) is 38.8. The van der Waals surface area contributed by atoms with Gasteiger partial charge in [0.1, 0.15) is 36.2 Å². The van der Waals surface area contributed by atoms with Crippen molar-refractivity contribution in [1.29, 1.82) is 0 Å². The number of hydrogen-bond acceptors (Lipinski definition) is 9. The lowest BCUT2D eigenvalue weighted by atomic mass is 9.90. The molecular formula is C41H52N4O9. The van der Waals surface area contributed by atoms with Gasteiger partial charge in [0.2, 0.25) is 17.7 Å². The lowest BCUT2D eigenvalue weighted by Crippen LogP contribution is -2.53. The average Bonchev–Trinajstić information content (AvgIpc) is 3.61. The van der Waals surface area contributed by atoms with Gasteiger partial charge in [-0.3, -0.25) is 19.2 Å². The van der Waals surface area contributed by atoms with E-state index in [0.29, 0.717) is 40.6 Å². The monoisotopic (exact) mass is 744 g/mol. The van der Waals surface area contributed by atoms with E-state index in [1.807, 2.05) is 42.5 Å². The van der Waals surface area contributed by atoms with Gasteiger partial charge in [-0.25, -0.2) is 9.78 Å². The Morgan fingerprint density at radius 2 is 1.59 bits per heavy atom. The minimum Gasteiger partial charge on any atom is -0.497 e. The minimum atomic E-state index is -1.18. The number of aliphatic carboxylic acids is 1. The van der Waals surface area contributed by atoms with Crippen molar-refractivity contribution in [2.24, 2.45) is 23.7 Å². The molecule has 13 nitrogen and oxygen atoms in total. The fraction of sp³-hybridized carbons (Fsp3) is 0.512. The topological polar surface area (TPSA) is 182 Å². The number of aromatic nitrogens is 1. The van der Waals surface area contributed by atoms with E-state index < -0.39 is 59.7 Å². The van der Waals surface area contributed by atoms with Crippen molar-refractivity contribution in [3.63, 3.8) is 0 Å². The van der Waals surface area contributed by atoms with Crippen LogP contribution in [0.2, 0.25) is 0 Å². The first-order chi connectivity index (χ1) is 26.0. The molecule has 290 valence electrons. The van der Waals surface area contributed by atoms with Crippen molar-refractivity contribution >= 4 is 40.6 Å². The highest BCUT2D eigenvalue weighted by Crippen LogP contribution is 2.39. The summed E-state index contributed by atoms with van der Waals surface area (Å²) in [6, 6.07) is 14.7. The summed E-state index contributed by atoms with van der Waals surface area (Å²) in [5.74, 6) is -4.22. The number of pyridine rings is 1. The van der Waals surface area contributed by atoms with Gasteiger partial charge < -0.3 is 35.3 Å². The van der Waals surface area contributed by atoms with Crippen molar-refractivity contribution in [2.75, 3.05) is 20.3 Å². The summed E-state index contributed by atoms with van der Waals surface area (Å²) >= 11 is 0. The third-order valence-corrected chi connectivity index (χ3v) is 10.4. The number of carboxylic acid groups (broad SMARTS) is 1. The highest BCUT2D eigenvalue weighted by atomic mass is 16.5. The number of rotatable bonds is 16. The van der Waals surface area contributed by atoms with Gasteiger partial charge in [-0.1, -0.05) is 70.4 Å². The number of hydrogen-bond donors (Lipinski definition) is 4. The molecule has 0 spiro atoms. The van der Waals surface area contributed by atoms with E-state index in [0.717, 1.165) is 31.2 Å². The van der Waals surface area contributed by atoms with Crippen molar-refractivity contribution in [3.05, 3.63) is 54.6 Å². The van der Waals surface area contributed by atoms with Crippen LogP contribution in [0.15, 0.2) is 54.6 Å². The first-order valence-electron chi connectivity index (χ1n) is 18.9. The normalized spacial score (nSPS) is 19.8. The molecule has 0 unspecified atom stereocenters. The molecule has 3 aromatic rings. The van der Waals surface area contributed by atoms with E-state index in [1.54, 1.807) is 40.0 Å². The zero-order valence-corrected chi connectivity index (χ0v) is 31.5. The third-order valence-electron chi connectivity index (χ3n) is 10.4. The van der Waals surface area contributed by atoms with Crippen LogP contribution >= 0.6 is 0 Å². The Hall–Kier alpha value is -5.20. The van der Waals surface area contributed by atoms with Crippen LogP contribution in [0.4, 0.5) is 0 Å². The Bertz CT molecular complexity index is 1790. The van der Waals surface area contributed by atoms with Gasteiger partial charge in [0.05, 0.1) is 36.8 Å². The van der Waals surface area contributed by atoms with E-state index in [4.69, 9.17) is 19.2 Å². The molecule has 0 saturated heterocycles. The number of nitrogens with one attached hydrogen (secondary N) is 3. The highest BCUT2D eigenvalue weighted by molar-refractivity contribution is 5.94. The Balaban J connectivity index is 1.34. The van der Waals surface area contributed by atoms with E-state index in [1.165, 1.54) is 6.42 Å². The summed E-state index contributed by atoms with van der Waals surface area (Å²) in [6.45, 7) is 5.17. The van der Waals surface area contributed by atoms with E-state index >= 15 is 0 Å². The van der Waals surface area contributed by atoms with Gasteiger partial charge in [-0.05, 0) is 56.1 Å². The largest absolute Gasteiger partial charge is 0.497 e. The standard InChI is InChI=1S/C41H52N4O9/c1-5-32(41(50)51)44-38(47)30-18-28(54-35-21-33(26-14-10-7-11-15-26)43-34-20-27(52-4)16-17-29(34)35)19-31(30)39(48)45-37(24(2)3)40(49)42-22-36(46)53-23-25-12-8-6-9-13-25/h7,10-11,14-17,20-21,24-25,28,30-32,37H,5-6,8-9,12-13,18-19,22-23H2,1-4H3,(H,42,49)(H,44,47)(H,45,48)(H,50,51)/t28-,30-,31-,32+,37-/m1/s1. The molecule has 5 atom stereocenters. The van der Waals surface area contributed by atoms with Crippen molar-refractivity contribution in [1.82, 2.24) is 20.9 Å². The number of esters is 1. The number of methoxy groups -OCH3 is 1. The third kappa shape index (κ3) is 10.3. The summed E-state index contributed by atoms with van der Waals surface area (Å²) in [7, 11) is 1.57. The molecular weight excluding hydrogens is 692 g/mol. The van der Waals surface area contributed by atoms with Crippen molar-refractivity contribution in [3.8, 4) is 22.8 Å². The summed E-state index contributed by atoms with van der Waals surface area (Å²) in [5, 5.41) is 18.4. The fourth-order valence-electron chi connectivity index (χ4n) is 7.30.